The van der Waals surface area contributed by atoms with Gasteiger partial charge >= 0.3 is 0 Å². The second-order valence-electron chi connectivity index (χ2n) is 3.70. The van der Waals surface area contributed by atoms with E-state index in [1.54, 1.807) is 0 Å². The van der Waals surface area contributed by atoms with Gasteiger partial charge in [-0.3, -0.25) is 14.2 Å². The first-order valence-electron chi connectivity index (χ1n) is 5.40. The molecule has 0 aromatic carbocycles. The molecule has 17 heavy (non-hydrogen) atoms. The van der Waals surface area contributed by atoms with Crippen LogP contribution in [0.4, 0.5) is 5.69 Å². The fourth-order valence-electron chi connectivity index (χ4n) is 1.60. The van der Waals surface area contributed by atoms with Crippen LogP contribution in [0.25, 0.3) is 0 Å². The number of carbonyl (C=O) groups excluding carboxylic acids is 1. The lowest BCUT2D eigenvalue weighted by atomic mass is 10.3. The van der Waals surface area contributed by atoms with Crippen LogP contribution in [-0.2, 0) is 11.3 Å². The Balaban J connectivity index is 2.35. The molecule has 1 aliphatic heterocycles. The molecule has 0 atom stereocenters. The smallest absolute Gasteiger partial charge is 0.282 e. The van der Waals surface area contributed by atoms with Gasteiger partial charge < -0.3 is 10.4 Å². The molecule has 0 saturated carbocycles. The Morgan fingerprint density at radius 1 is 1.65 bits per heavy atom. The second-order valence-corrected chi connectivity index (χ2v) is 4.76. The molecule has 1 aromatic rings. The van der Waals surface area contributed by atoms with Crippen LogP contribution in [0.15, 0.2) is 9.95 Å². The minimum Gasteiger partial charge on any atom is -0.492 e. The van der Waals surface area contributed by atoms with Crippen molar-refractivity contribution in [1.29, 1.82) is 0 Å². The molecule has 0 bridgehead atoms. The Bertz CT molecular complexity index is 512. The van der Waals surface area contributed by atoms with E-state index in [1.165, 1.54) is 16.3 Å². The maximum atomic E-state index is 12.0. The zero-order chi connectivity index (χ0) is 12.4. The fraction of sp³-hybridized carbons (Fsp3) is 0.500. The molecule has 1 amide bonds. The van der Waals surface area contributed by atoms with Gasteiger partial charge in [-0.15, -0.1) is 0 Å². The number of carbonyl (C=O) groups is 1. The monoisotopic (exact) mass is 255 g/mol. The molecular weight excluding hydrogens is 242 g/mol. The number of hydrogen-bond donors (Lipinski definition) is 2. The Hall–Kier alpha value is -1.50. The van der Waals surface area contributed by atoms with Gasteiger partial charge in [-0.2, -0.15) is 4.98 Å². The van der Waals surface area contributed by atoms with Gasteiger partial charge in [0.25, 0.3) is 5.56 Å². The standard InChI is InChI=1S/C10H13N3O3S/c1-2-3-6(14)11-7-8(15)12-10-13(9(7)16)4-5-17-10/h15H,2-5H2,1H3,(H,11,14). The Kier molecular flexibility index (Phi) is 3.37. The van der Waals surface area contributed by atoms with Crippen molar-refractivity contribution in [3.63, 3.8) is 0 Å². The molecular formula is C10H13N3O3S. The van der Waals surface area contributed by atoms with Crippen molar-refractivity contribution in [3.8, 4) is 5.88 Å². The highest BCUT2D eigenvalue weighted by Crippen LogP contribution is 2.26. The highest BCUT2D eigenvalue weighted by atomic mass is 32.2. The van der Waals surface area contributed by atoms with E-state index < -0.39 is 5.88 Å². The summed E-state index contributed by atoms with van der Waals surface area (Å²) in [6.45, 7) is 2.42. The van der Waals surface area contributed by atoms with Crippen LogP contribution in [0.1, 0.15) is 19.8 Å². The van der Waals surface area contributed by atoms with Gasteiger partial charge in [-0.1, -0.05) is 18.7 Å². The lowest BCUT2D eigenvalue weighted by Gasteiger charge is -2.08. The zero-order valence-corrected chi connectivity index (χ0v) is 10.2. The number of fused-ring (bicyclic) bond motifs is 1. The maximum absolute atomic E-state index is 12.0. The highest BCUT2D eigenvalue weighted by Gasteiger charge is 2.21. The number of aromatic nitrogens is 2. The summed E-state index contributed by atoms with van der Waals surface area (Å²) < 4.78 is 1.46. The van der Waals surface area contributed by atoms with E-state index in [9.17, 15) is 14.7 Å². The first-order valence-corrected chi connectivity index (χ1v) is 6.38. The molecule has 6 nitrogen and oxygen atoms in total. The summed E-state index contributed by atoms with van der Waals surface area (Å²) in [6, 6.07) is 0. The van der Waals surface area contributed by atoms with Crippen molar-refractivity contribution < 1.29 is 9.90 Å². The average Bonchev–Trinajstić information content (AvgIpc) is 2.72. The SMILES string of the molecule is CCCC(=O)Nc1c(O)nc2n(c1=O)CCS2. The normalized spacial score (nSPS) is 13.5. The van der Waals surface area contributed by atoms with Gasteiger partial charge in [0.15, 0.2) is 10.8 Å². The summed E-state index contributed by atoms with van der Waals surface area (Å²) >= 11 is 1.41. The zero-order valence-electron chi connectivity index (χ0n) is 9.39. The number of thioether (sulfide) groups is 1. The van der Waals surface area contributed by atoms with E-state index in [2.05, 4.69) is 10.3 Å². The first kappa shape index (κ1) is 12.0. The van der Waals surface area contributed by atoms with E-state index in [0.29, 0.717) is 24.5 Å². The van der Waals surface area contributed by atoms with Gasteiger partial charge in [-0.05, 0) is 6.42 Å². The summed E-state index contributed by atoms with van der Waals surface area (Å²) in [4.78, 5) is 27.3. The predicted octanol–water partition coefficient (Wildman–Crippen LogP) is 0.793. The summed E-state index contributed by atoms with van der Waals surface area (Å²) in [7, 11) is 0. The topological polar surface area (TPSA) is 84.2 Å². The molecule has 0 spiro atoms. The molecule has 92 valence electrons. The lowest BCUT2D eigenvalue weighted by Crippen LogP contribution is -2.26. The number of nitrogens with one attached hydrogen (secondary N) is 1. The van der Waals surface area contributed by atoms with Gasteiger partial charge in [0.1, 0.15) is 0 Å². The van der Waals surface area contributed by atoms with Crippen molar-refractivity contribution in [3.05, 3.63) is 10.4 Å². The number of hydrogen-bond acceptors (Lipinski definition) is 5. The van der Waals surface area contributed by atoms with Crippen LogP contribution in [-0.4, -0.2) is 26.3 Å². The largest absolute Gasteiger partial charge is 0.492 e. The van der Waals surface area contributed by atoms with Crippen molar-refractivity contribution in [1.82, 2.24) is 9.55 Å². The second kappa shape index (κ2) is 4.79. The van der Waals surface area contributed by atoms with Crippen molar-refractivity contribution >= 4 is 23.4 Å². The molecule has 2 N–H and O–H groups in total. The van der Waals surface area contributed by atoms with Crippen LogP contribution in [0.2, 0.25) is 0 Å². The van der Waals surface area contributed by atoms with E-state index in [1.807, 2.05) is 6.92 Å². The molecule has 0 fully saturated rings. The number of anilines is 1. The van der Waals surface area contributed by atoms with Crippen molar-refractivity contribution in [2.24, 2.45) is 0 Å². The molecule has 1 aromatic heterocycles. The van der Waals surface area contributed by atoms with Gasteiger partial charge in [0.05, 0.1) is 0 Å². The van der Waals surface area contributed by atoms with E-state index in [4.69, 9.17) is 0 Å². The van der Waals surface area contributed by atoms with Crippen LogP contribution in [0.5, 0.6) is 5.88 Å². The Morgan fingerprint density at radius 3 is 3.12 bits per heavy atom. The minimum atomic E-state index is -0.403. The molecule has 2 rings (SSSR count). The molecule has 0 unspecified atom stereocenters. The molecule has 2 heterocycles. The molecule has 0 radical (unpaired) electrons. The third kappa shape index (κ3) is 2.28. The van der Waals surface area contributed by atoms with Crippen molar-refractivity contribution in [2.75, 3.05) is 11.1 Å². The quantitative estimate of drug-likeness (QED) is 0.780. The number of rotatable bonds is 3. The van der Waals surface area contributed by atoms with Crippen molar-refractivity contribution in [2.45, 2.75) is 31.5 Å². The Morgan fingerprint density at radius 2 is 2.41 bits per heavy atom. The maximum Gasteiger partial charge on any atom is 0.282 e. The summed E-state index contributed by atoms with van der Waals surface area (Å²) in [5, 5.41) is 12.5. The van der Waals surface area contributed by atoms with E-state index in [-0.39, 0.29) is 17.2 Å². The van der Waals surface area contributed by atoms with E-state index in [0.717, 1.165) is 5.75 Å². The number of nitrogens with zero attached hydrogens (tertiary/aromatic N) is 2. The minimum absolute atomic E-state index is 0.116. The molecule has 0 aliphatic carbocycles. The summed E-state index contributed by atoms with van der Waals surface area (Å²) in [5.74, 6) is 0.0709. The molecule has 7 heteroatoms. The number of amides is 1. The third-order valence-electron chi connectivity index (χ3n) is 2.40. The van der Waals surface area contributed by atoms with Gasteiger partial charge in [0.2, 0.25) is 11.8 Å². The van der Waals surface area contributed by atoms with Gasteiger partial charge in [-0.25, -0.2) is 0 Å². The van der Waals surface area contributed by atoms with Crippen LogP contribution in [0, 0.1) is 0 Å². The average molecular weight is 255 g/mol. The third-order valence-corrected chi connectivity index (χ3v) is 3.36. The summed E-state index contributed by atoms with van der Waals surface area (Å²) in [5.41, 5.74) is -0.503. The molecule has 0 saturated heterocycles. The van der Waals surface area contributed by atoms with E-state index >= 15 is 0 Å². The first-order chi connectivity index (χ1) is 8.13. The number of aromatic hydroxyl groups is 1. The summed E-state index contributed by atoms with van der Waals surface area (Å²) in [6.07, 6.45) is 0.998. The Labute approximate surface area is 102 Å². The lowest BCUT2D eigenvalue weighted by molar-refractivity contribution is -0.116. The van der Waals surface area contributed by atoms with Crippen LogP contribution < -0.4 is 10.9 Å². The predicted molar refractivity (Wildman–Crippen MR) is 64.4 cm³/mol. The van der Waals surface area contributed by atoms with Gasteiger partial charge in [0, 0.05) is 18.7 Å². The van der Waals surface area contributed by atoms with Crippen LogP contribution >= 0.6 is 11.8 Å². The van der Waals surface area contributed by atoms with Crippen LogP contribution in [0.3, 0.4) is 0 Å². The highest BCUT2D eigenvalue weighted by molar-refractivity contribution is 7.99. The fourth-order valence-corrected chi connectivity index (χ4v) is 2.54. The molecule has 1 aliphatic rings.